The SMILES string of the molecule is CNCCCC1COc2ccc(N)cc2N1C. The van der Waals surface area contributed by atoms with Crippen LogP contribution in [0.15, 0.2) is 18.2 Å². The second-order valence-electron chi connectivity index (χ2n) is 4.55. The maximum absolute atomic E-state index is 5.82. The average molecular weight is 235 g/mol. The van der Waals surface area contributed by atoms with Crippen molar-refractivity contribution in [2.75, 3.05) is 37.9 Å². The summed E-state index contributed by atoms with van der Waals surface area (Å²) in [6.45, 7) is 1.81. The summed E-state index contributed by atoms with van der Waals surface area (Å²) in [5.74, 6) is 0.937. The van der Waals surface area contributed by atoms with Gasteiger partial charge in [0.2, 0.25) is 0 Å². The van der Waals surface area contributed by atoms with Gasteiger partial charge < -0.3 is 20.7 Å². The van der Waals surface area contributed by atoms with Crippen LogP contribution in [0.2, 0.25) is 0 Å². The van der Waals surface area contributed by atoms with Gasteiger partial charge in [0.25, 0.3) is 0 Å². The number of ether oxygens (including phenoxy) is 1. The Morgan fingerprint density at radius 3 is 3.12 bits per heavy atom. The minimum absolute atomic E-state index is 0.442. The van der Waals surface area contributed by atoms with Gasteiger partial charge in [-0.3, -0.25) is 0 Å². The first-order valence-corrected chi connectivity index (χ1v) is 6.12. The molecule has 0 spiro atoms. The van der Waals surface area contributed by atoms with Crippen LogP contribution in [0.25, 0.3) is 0 Å². The van der Waals surface area contributed by atoms with Gasteiger partial charge in [-0.25, -0.2) is 0 Å². The van der Waals surface area contributed by atoms with Crippen molar-refractivity contribution in [3.05, 3.63) is 18.2 Å². The Morgan fingerprint density at radius 1 is 1.53 bits per heavy atom. The fourth-order valence-electron chi connectivity index (χ4n) is 2.22. The van der Waals surface area contributed by atoms with Gasteiger partial charge in [0.15, 0.2) is 0 Å². The highest BCUT2D eigenvalue weighted by atomic mass is 16.5. The van der Waals surface area contributed by atoms with Gasteiger partial charge in [-0.15, -0.1) is 0 Å². The molecule has 0 aromatic heterocycles. The number of nitrogens with one attached hydrogen (secondary N) is 1. The van der Waals surface area contributed by atoms with Crippen LogP contribution in [0.4, 0.5) is 11.4 Å². The zero-order valence-electron chi connectivity index (χ0n) is 10.6. The molecule has 17 heavy (non-hydrogen) atoms. The van der Waals surface area contributed by atoms with Crippen molar-refractivity contribution in [3.8, 4) is 5.75 Å². The predicted octanol–water partition coefficient (Wildman–Crippen LogP) is 1.47. The third-order valence-electron chi connectivity index (χ3n) is 3.31. The summed E-state index contributed by atoms with van der Waals surface area (Å²) >= 11 is 0. The molecule has 1 atom stereocenters. The van der Waals surface area contributed by atoms with Crippen LogP contribution >= 0.6 is 0 Å². The van der Waals surface area contributed by atoms with Crippen molar-refractivity contribution in [3.63, 3.8) is 0 Å². The van der Waals surface area contributed by atoms with Crippen LogP contribution in [0, 0.1) is 0 Å². The molecule has 2 rings (SSSR count). The largest absolute Gasteiger partial charge is 0.489 e. The normalized spacial score (nSPS) is 18.7. The van der Waals surface area contributed by atoms with Crippen LogP contribution in [-0.2, 0) is 0 Å². The number of anilines is 2. The monoisotopic (exact) mass is 235 g/mol. The molecular formula is C13H21N3O. The molecule has 1 aliphatic rings. The van der Waals surface area contributed by atoms with Crippen LogP contribution in [0.3, 0.4) is 0 Å². The molecular weight excluding hydrogens is 214 g/mol. The summed E-state index contributed by atoms with van der Waals surface area (Å²) in [6.07, 6.45) is 2.29. The molecule has 1 aliphatic heterocycles. The molecule has 1 unspecified atom stereocenters. The molecule has 0 radical (unpaired) electrons. The molecule has 1 heterocycles. The topological polar surface area (TPSA) is 50.5 Å². The van der Waals surface area contributed by atoms with Crippen molar-refractivity contribution in [2.45, 2.75) is 18.9 Å². The summed E-state index contributed by atoms with van der Waals surface area (Å²) in [5.41, 5.74) is 7.71. The maximum atomic E-state index is 5.82. The van der Waals surface area contributed by atoms with Gasteiger partial charge >= 0.3 is 0 Å². The number of nitrogens with zero attached hydrogens (tertiary/aromatic N) is 1. The summed E-state index contributed by atoms with van der Waals surface area (Å²) < 4.78 is 5.77. The van der Waals surface area contributed by atoms with E-state index in [4.69, 9.17) is 10.5 Å². The number of nitrogen functional groups attached to an aromatic ring is 1. The van der Waals surface area contributed by atoms with Crippen molar-refractivity contribution in [1.82, 2.24) is 5.32 Å². The lowest BCUT2D eigenvalue weighted by atomic mass is 10.1. The molecule has 4 heteroatoms. The quantitative estimate of drug-likeness (QED) is 0.613. The van der Waals surface area contributed by atoms with Crippen LogP contribution < -0.4 is 20.7 Å². The van der Waals surface area contributed by atoms with Gasteiger partial charge in [0.1, 0.15) is 12.4 Å². The highest BCUT2D eigenvalue weighted by Crippen LogP contribution is 2.35. The zero-order chi connectivity index (χ0) is 12.3. The minimum atomic E-state index is 0.442. The highest BCUT2D eigenvalue weighted by Gasteiger charge is 2.24. The summed E-state index contributed by atoms with van der Waals surface area (Å²) in [7, 11) is 4.10. The molecule has 0 saturated heterocycles. The minimum Gasteiger partial charge on any atom is -0.489 e. The van der Waals surface area contributed by atoms with Crippen molar-refractivity contribution < 1.29 is 4.74 Å². The fraction of sp³-hybridized carbons (Fsp3) is 0.538. The Labute approximate surface area is 103 Å². The van der Waals surface area contributed by atoms with Gasteiger partial charge in [-0.05, 0) is 44.6 Å². The van der Waals surface area contributed by atoms with E-state index in [1.54, 1.807) is 0 Å². The van der Waals surface area contributed by atoms with E-state index in [1.165, 1.54) is 0 Å². The third kappa shape index (κ3) is 2.64. The summed E-state index contributed by atoms with van der Waals surface area (Å²) in [5, 5.41) is 3.17. The Hall–Kier alpha value is -1.42. The standard InChI is InChI=1S/C13H21N3O/c1-15-7-3-4-11-9-17-13-6-5-10(14)8-12(13)16(11)2/h5-6,8,11,15H,3-4,7,9,14H2,1-2H3. The number of hydrogen-bond donors (Lipinski definition) is 2. The number of likely N-dealkylation sites (N-methyl/N-ethyl adjacent to an activating group) is 1. The first-order valence-electron chi connectivity index (χ1n) is 6.12. The van der Waals surface area contributed by atoms with Crippen molar-refractivity contribution in [1.29, 1.82) is 0 Å². The van der Waals surface area contributed by atoms with Crippen molar-refractivity contribution >= 4 is 11.4 Å². The second kappa shape index (κ2) is 5.27. The second-order valence-corrected chi connectivity index (χ2v) is 4.55. The van der Waals surface area contributed by atoms with E-state index >= 15 is 0 Å². The number of fused-ring (bicyclic) bond motifs is 1. The molecule has 0 aliphatic carbocycles. The van der Waals surface area contributed by atoms with Gasteiger partial charge in [-0.1, -0.05) is 0 Å². The van der Waals surface area contributed by atoms with Crippen LogP contribution in [0.5, 0.6) is 5.75 Å². The van der Waals surface area contributed by atoms with E-state index in [0.717, 1.165) is 43.1 Å². The summed E-state index contributed by atoms with van der Waals surface area (Å²) in [6, 6.07) is 6.26. The molecule has 1 aromatic rings. The molecule has 0 amide bonds. The number of benzene rings is 1. The van der Waals surface area contributed by atoms with Gasteiger partial charge in [-0.2, -0.15) is 0 Å². The van der Waals surface area contributed by atoms with Crippen molar-refractivity contribution in [2.24, 2.45) is 0 Å². The lowest BCUT2D eigenvalue weighted by molar-refractivity contribution is 0.258. The smallest absolute Gasteiger partial charge is 0.142 e. The number of nitrogens with two attached hydrogens (primary N) is 1. The van der Waals surface area contributed by atoms with Gasteiger partial charge in [0, 0.05) is 12.7 Å². The number of rotatable bonds is 4. The summed E-state index contributed by atoms with van der Waals surface area (Å²) in [4.78, 5) is 2.28. The molecule has 0 bridgehead atoms. The highest BCUT2D eigenvalue weighted by molar-refractivity contribution is 5.66. The molecule has 4 nitrogen and oxygen atoms in total. The Bertz CT molecular complexity index is 381. The van der Waals surface area contributed by atoms with E-state index in [9.17, 15) is 0 Å². The van der Waals surface area contributed by atoms with E-state index in [0.29, 0.717) is 6.04 Å². The van der Waals surface area contributed by atoms with E-state index in [1.807, 2.05) is 25.2 Å². The van der Waals surface area contributed by atoms with Gasteiger partial charge in [0.05, 0.1) is 11.7 Å². The Balaban J connectivity index is 2.06. The lowest BCUT2D eigenvalue weighted by Gasteiger charge is -2.36. The van der Waals surface area contributed by atoms with Crippen LogP contribution in [-0.4, -0.2) is 33.3 Å². The number of hydrogen-bond acceptors (Lipinski definition) is 4. The molecule has 1 aromatic carbocycles. The predicted molar refractivity (Wildman–Crippen MR) is 71.7 cm³/mol. The van der Waals surface area contributed by atoms with Crippen LogP contribution in [0.1, 0.15) is 12.8 Å². The molecule has 94 valence electrons. The Kier molecular flexibility index (Phi) is 3.74. The fourth-order valence-corrected chi connectivity index (χ4v) is 2.22. The molecule has 3 N–H and O–H groups in total. The maximum Gasteiger partial charge on any atom is 0.142 e. The first-order chi connectivity index (χ1) is 8.22. The Morgan fingerprint density at radius 2 is 2.35 bits per heavy atom. The lowest BCUT2D eigenvalue weighted by Crippen LogP contribution is -2.40. The van der Waals surface area contributed by atoms with E-state index in [-0.39, 0.29) is 0 Å². The van der Waals surface area contributed by atoms with E-state index in [2.05, 4.69) is 17.3 Å². The first kappa shape index (κ1) is 12.0. The third-order valence-corrected chi connectivity index (χ3v) is 3.31. The molecule has 0 fully saturated rings. The van der Waals surface area contributed by atoms with E-state index < -0.39 is 0 Å². The molecule has 0 saturated carbocycles. The average Bonchev–Trinajstić information content (AvgIpc) is 2.33. The zero-order valence-corrected chi connectivity index (χ0v) is 10.6.